The Kier molecular flexibility index (Phi) is 5.58. The molecule has 0 bridgehead atoms. The molecular formula is C22H17FN4OS. The van der Waals surface area contributed by atoms with Crippen LogP contribution in [0.5, 0.6) is 5.75 Å². The number of aromatic amines is 1. The number of para-hydroxylation sites is 1. The van der Waals surface area contributed by atoms with E-state index >= 15 is 0 Å². The minimum absolute atomic E-state index is 0.123. The van der Waals surface area contributed by atoms with Gasteiger partial charge in [-0.1, -0.05) is 60.7 Å². The van der Waals surface area contributed by atoms with Crippen LogP contribution in [0.15, 0.2) is 84.0 Å². The minimum Gasteiger partial charge on any atom is -0.488 e. The van der Waals surface area contributed by atoms with Crippen molar-refractivity contribution in [2.45, 2.75) is 6.61 Å². The van der Waals surface area contributed by atoms with Crippen LogP contribution in [-0.2, 0) is 6.61 Å². The number of nitrogens with one attached hydrogen (secondary N) is 1. The summed E-state index contributed by atoms with van der Waals surface area (Å²) in [6.07, 6.45) is 1.65. The molecule has 1 N–H and O–H groups in total. The summed E-state index contributed by atoms with van der Waals surface area (Å²) in [4.78, 5) is 0. The first-order valence-electron chi connectivity index (χ1n) is 8.95. The van der Waals surface area contributed by atoms with Crippen molar-refractivity contribution in [1.29, 1.82) is 0 Å². The summed E-state index contributed by atoms with van der Waals surface area (Å²) < 4.78 is 21.6. The molecule has 29 heavy (non-hydrogen) atoms. The highest BCUT2D eigenvalue weighted by Crippen LogP contribution is 2.20. The van der Waals surface area contributed by atoms with Crippen LogP contribution in [-0.4, -0.2) is 21.1 Å². The molecule has 0 saturated carbocycles. The molecule has 0 fully saturated rings. The average Bonchev–Trinajstić information content (AvgIpc) is 3.13. The Morgan fingerprint density at radius 3 is 2.55 bits per heavy atom. The van der Waals surface area contributed by atoms with Crippen molar-refractivity contribution in [2.75, 3.05) is 0 Å². The van der Waals surface area contributed by atoms with E-state index in [-0.39, 0.29) is 12.4 Å². The van der Waals surface area contributed by atoms with Crippen LogP contribution in [0.1, 0.15) is 11.1 Å². The summed E-state index contributed by atoms with van der Waals surface area (Å²) in [5.41, 5.74) is 2.12. The summed E-state index contributed by atoms with van der Waals surface area (Å²) in [5.74, 6) is 0.906. The fourth-order valence-electron chi connectivity index (χ4n) is 2.78. The van der Waals surface area contributed by atoms with E-state index in [1.807, 2.05) is 54.6 Å². The maximum Gasteiger partial charge on any atom is 0.216 e. The highest BCUT2D eigenvalue weighted by Gasteiger charge is 2.08. The number of hydrogen-bond donors (Lipinski definition) is 1. The lowest BCUT2D eigenvalue weighted by molar-refractivity contribution is 0.299. The molecule has 3 aromatic carbocycles. The Morgan fingerprint density at radius 1 is 1.00 bits per heavy atom. The van der Waals surface area contributed by atoms with Gasteiger partial charge >= 0.3 is 0 Å². The molecule has 0 aliphatic heterocycles. The largest absolute Gasteiger partial charge is 0.488 e. The van der Waals surface area contributed by atoms with Crippen molar-refractivity contribution in [3.63, 3.8) is 0 Å². The first-order valence-corrected chi connectivity index (χ1v) is 9.35. The average molecular weight is 404 g/mol. The van der Waals surface area contributed by atoms with Crippen molar-refractivity contribution in [2.24, 2.45) is 5.10 Å². The second-order valence-corrected chi connectivity index (χ2v) is 6.58. The summed E-state index contributed by atoms with van der Waals surface area (Å²) in [6.45, 7) is 0.123. The molecule has 0 amide bonds. The van der Waals surface area contributed by atoms with Gasteiger partial charge in [0.2, 0.25) is 4.77 Å². The number of ether oxygens (including phenoxy) is 1. The van der Waals surface area contributed by atoms with E-state index in [1.165, 1.54) is 6.07 Å². The number of halogens is 1. The van der Waals surface area contributed by atoms with Crippen molar-refractivity contribution in [3.8, 4) is 17.1 Å². The van der Waals surface area contributed by atoms with E-state index in [0.717, 1.165) is 11.1 Å². The molecule has 4 aromatic rings. The number of rotatable bonds is 6. The van der Waals surface area contributed by atoms with E-state index in [4.69, 9.17) is 17.0 Å². The van der Waals surface area contributed by atoms with Crippen LogP contribution in [0.2, 0.25) is 0 Å². The Labute approximate surface area is 172 Å². The summed E-state index contributed by atoms with van der Waals surface area (Å²) >= 11 is 5.31. The number of aromatic nitrogens is 3. The second kappa shape index (κ2) is 8.62. The minimum atomic E-state index is -0.296. The standard InChI is InChI=1S/C22H17FN4OS/c23-19-12-6-4-11-18(19)15-28-20-13-7-5-10-17(20)14-24-27-21(25-26-22(27)29)16-8-2-1-3-9-16/h1-14H,15H2,(H,26,29)/b24-14-. The Balaban J connectivity index is 1.60. The maximum absolute atomic E-state index is 13.8. The molecule has 1 aromatic heterocycles. The zero-order valence-electron chi connectivity index (χ0n) is 15.3. The number of nitrogens with zero attached hydrogens (tertiary/aromatic N) is 3. The number of H-pyrrole nitrogens is 1. The van der Waals surface area contributed by atoms with Gasteiger partial charge in [0.25, 0.3) is 0 Å². The van der Waals surface area contributed by atoms with Crippen molar-refractivity contribution >= 4 is 18.4 Å². The number of benzene rings is 3. The molecule has 0 spiro atoms. The van der Waals surface area contributed by atoms with Gasteiger partial charge in [-0.15, -0.1) is 0 Å². The molecule has 4 rings (SSSR count). The third-order valence-corrected chi connectivity index (χ3v) is 4.52. The molecule has 0 unspecified atom stereocenters. The van der Waals surface area contributed by atoms with E-state index < -0.39 is 0 Å². The van der Waals surface area contributed by atoms with Gasteiger partial charge in [0.15, 0.2) is 5.82 Å². The highest BCUT2D eigenvalue weighted by atomic mass is 32.1. The van der Waals surface area contributed by atoms with Gasteiger partial charge in [-0.05, 0) is 30.4 Å². The van der Waals surface area contributed by atoms with Crippen LogP contribution in [0.3, 0.4) is 0 Å². The first-order chi connectivity index (χ1) is 14.2. The normalized spacial score (nSPS) is 11.1. The van der Waals surface area contributed by atoms with Gasteiger partial charge in [0.1, 0.15) is 18.2 Å². The SMILES string of the molecule is Fc1ccccc1COc1ccccc1/C=N\n1c(-c2ccccc2)n[nH]c1=S. The van der Waals surface area contributed by atoms with Gasteiger partial charge < -0.3 is 4.74 Å². The predicted octanol–water partition coefficient (Wildman–Crippen LogP) is 5.21. The molecule has 0 atom stereocenters. The van der Waals surface area contributed by atoms with E-state index in [0.29, 0.717) is 21.9 Å². The van der Waals surface area contributed by atoms with Crippen molar-refractivity contribution in [1.82, 2.24) is 14.9 Å². The summed E-state index contributed by atoms with van der Waals surface area (Å²) in [5, 5.41) is 11.5. The Morgan fingerprint density at radius 2 is 1.72 bits per heavy atom. The molecule has 1 heterocycles. The van der Waals surface area contributed by atoms with E-state index in [9.17, 15) is 4.39 Å². The van der Waals surface area contributed by atoms with Gasteiger partial charge in [0.05, 0.1) is 6.21 Å². The van der Waals surface area contributed by atoms with Gasteiger partial charge in [0, 0.05) is 16.7 Å². The third-order valence-electron chi connectivity index (χ3n) is 4.25. The lowest BCUT2D eigenvalue weighted by Gasteiger charge is -2.09. The quantitative estimate of drug-likeness (QED) is 0.355. The fraction of sp³-hybridized carbons (Fsp3) is 0.0455. The van der Waals surface area contributed by atoms with Crippen molar-refractivity contribution in [3.05, 3.63) is 101 Å². The maximum atomic E-state index is 13.8. The Bertz CT molecular complexity index is 1200. The third kappa shape index (κ3) is 4.30. The van der Waals surface area contributed by atoms with Crippen LogP contribution >= 0.6 is 12.2 Å². The first kappa shape index (κ1) is 18.8. The van der Waals surface area contributed by atoms with E-state index in [2.05, 4.69) is 15.3 Å². The zero-order chi connectivity index (χ0) is 20.1. The van der Waals surface area contributed by atoms with E-state index in [1.54, 1.807) is 29.1 Å². The van der Waals surface area contributed by atoms with Crippen molar-refractivity contribution < 1.29 is 9.13 Å². The van der Waals surface area contributed by atoms with Crippen LogP contribution in [0.4, 0.5) is 4.39 Å². The molecule has 0 aliphatic rings. The predicted molar refractivity (Wildman–Crippen MR) is 113 cm³/mol. The fourth-order valence-corrected chi connectivity index (χ4v) is 2.96. The molecule has 0 radical (unpaired) electrons. The molecule has 5 nitrogen and oxygen atoms in total. The molecule has 0 aliphatic carbocycles. The molecule has 144 valence electrons. The van der Waals surface area contributed by atoms with Crippen LogP contribution < -0.4 is 4.74 Å². The smallest absolute Gasteiger partial charge is 0.216 e. The second-order valence-electron chi connectivity index (χ2n) is 6.19. The van der Waals surface area contributed by atoms with Gasteiger partial charge in [-0.2, -0.15) is 14.9 Å². The van der Waals surface area contributed by atoms with Crippen LogP contribution in [0, 0.1) is 10.6 Å². The highest BCUT2D eigenvalue weighted by molar-refractivity contribution is 7.71. The zero-order valence-corrected chi connectivity index (χ0v) is 16.1. The summed E-state index contributed by atoms with van der Waals surface area (Å²) in [7, 11) is 0. The lowest BCUT2D eigenvalue weighted by Crippen LogP contribution is -2.01. The van der Waals surface area contributed by atoms with Crippen LogP contribution in [0.25, 0.3) is 11.4 Å². The topological polar surface area (TPSA) is 55.2 Å². The molecule has 0 saturated heterocycles. The van der Waals surface area contributed by atoms with Gasteiger partial charge in [-0.25, -0.2) is 9.49 Å². The molecule has 7 heteroatoms. The lowest BCUT2D eigenvalue weighted by atomic mass is 10.2. The molecular weight excluding hydrogens is 387 g/mol. The summed E-state index contributed by atoms with van der Waals surface area (Å²) in [6, 6.07) is 23.6. The monoisotopic (exact) mass is 404 g/mol. The number of hydrogen-bond acceptors (Lipinski definition) is 4. The van der Waals surface area contributed by atoms with Gasteiger partial charge in [-0.3, -0.25) is 0 Å². The Hall–Kier alpha value is -3.58.